The summed E-state index contributed by atoms with van der Waals surface area (Å²) in [6, 6.07) is 0. The van der Waals surface area contributed by atoms with E-state index in [-0.39, 0.29) is 5.41 Å². The Morgan fingerprint density at radius 2 is 2.00 bits per heavy atom. The summed E-state index contributed by atoms with van der Waals surface area (Å²) < 4.78 is 0.758. The van der Waals surface area contributed by atoms with E-state index in [0.717, 1.165) is 20.1 Å². The van der Waals surface area contributed by atoms with Crippen LogP contribution in [0, 0.1) is 0 Å². The van der Waals surface area contributed by atoms with Crippen LogP contribution in [0.2, 0.25) is 0 Å². The quantitative estimate of drug-likeness (QED) is 0.739. The van der Waals surface area contributed by atoms with Crippen LogP contribution in [0.25, 0.3) is 10.5 Å². The monoisotopic (exact) mass is 271 g/mol. The average Bonchev–Trinajstić information content (AvgIpc) is 2.45. The van der Waals surface area contributed by atoms with E-state index in [1.54, 1.807) is 17.5 Å². The third kappa shape index (κ3) is 1.79. The van der Waals surface area contributed by atoms with Crippen LogP contribution in [0.15, 0.2) is 10.8 Å². The molecule has 0 unspecified atom stereocenters. The molecule has 0 aliphatic heterocycles. The summed E-state index contributed by atoms with van der Waals surface area (Å²) in [5, 5.41) is 1.07. The van der Waals surface area contributed by atoms with Gasteiger partial charge in [0.25, 0.3) is 0 Å². The summed E-state index contributed by atoms with van der Waals surface area (Å²) in [5.74, 6) is 0. The van der Waals surface area contributed by atoms with Gasteiger partial charge in [0.2, 0.25) is 0 Å². The average molecular weight is 272 g/mol. The van der Waals surface area contributed by atoms with Gasteiger partial charge in [-0.25, -0.2) is 15.0 Å². The molecule has 0 spiro atoms. The topological polar surface area (TPSA) is 38.7 Å². The molecule has 2 rings (SSSR count). The lowest BCUT2D eigenvalue weighted by Crippen LogP contribution is -2.09. The highest BCUT2D eigenvalue weighted by Crippen LogP contribution is 2.29. The maximum atomic E-state index is 4.45. The van der Waals surface area contributed by atoms with Crippen LogP contribution in [0.5, 0.6) is 0 Å². The minimum absolute atomic E-state index is 0.0690. The molecule has 0 aliphatic carbocycles. The molecule has 3 nitrogen and oxygen atoms in total. The molecule has 0 radical (unpaired) electrons. The second-order valence-corrected chi connectivity index (χ2v) is 5.88. The molecular weight excluding hydrogens is 262 g/mol. The molecule has 0 atom stereocenters. The predicted octanol–water partition coefficient (Wildman–Crippen LogP) is 3.15. The summed E-state index contributed by atoms with van der Waals surface area (Å²) in [6.07, 6.45) is 1.68. The first-order valence-corrected chi connectivity index (χ1v) is 5.87. The van der Waals surface area contributed by atoms with Gasteiger partial charge in [0, 0.05) is 5.41 Å². The van der Waals surface area contributed by atoms with Crippen molar-refractivity contribution in [2.24, 2.45) is 0 Å². The number of rotatable bonds is 0. The number of nitrogens with zero attached hydrogens (tertiary/aromatic N) is 3. The molecular formula is C9H10BrN3S. The lowest BCUT2D eigenvalue weighted by Gasteiger charge is -2.12. The molecule has 2 aromatic rings. The maximum Gasteiger partial charge on any atom is 0.189 e. The fourth-order valence-electron chi connectivity index (χ4n) is 1.02. The summed E-state index contributed by atoms with van der Waals surface area (Å²) in [4.78, 5) is 13.9. The Bertz CT molecular complexity index is 472. The molecule has 0 saturated carbocycles. The molecule has 74 valence electrons. The molecule has 14 heavy (non-hydrogen) atoms. The van der Waals surface area contributed by atoms with E-state index in [2.05, 4.69) is 51.7 Å². The fraction of sp³-hybridized carbons (Fsp3) is 0.444. The van der Waals surface area contributed by atoms with Gasteiger partial charge in [-0.1, -0.05) is 32.1 Å². The molecule has 0 fully saturated rings. The van der Waals surface area contributed by atoms with Crippen LogP contribution in [-0.4, -0.2) is 15.0 Å². The van der Waals surface area contributed by atoms with E-state index >= 15 is 0 Å². The molecule has 0 aliphatic rings. The largest absolute Gasteiger partial charge is 0.232 e. The number of hydrogen-bond acceptors (Lipinski definition) is 4. The minimum atomic E-state index is 0.0690. The molecule has 0 aromatic carbocycles. The van der Waals surface area contributed by atoms with Crippen molar-refractivity contribution in [2.45, 2.75) is 26.2 Å². The van der Waals surface area contributed by atoms with Crippen LogP contribution in [0.1, 0.15) is 25.8 Å². The molecule has 2 aromatic heterocycles. The molecule has 0 amide bonds. The zero-order chi connectivity index (χ0) is 10.3. The highest BCUT2D eigenvalue weighted by molar-refractivity contribution is 9.10. The van der Waals surface area contributed by atoms with Crippen LogP contribution < -0.4 is 0 Å². The van der Waals surface area contributed by atoms with E-state index < -0.39 is 0 Å². The van der Waals surface area contributed by atoms with E-state index in [9.17, 15) is 0 Å². The van der Waals surface area contributed by atoms with E-state index in [1.807, 2.05) is 0 Å². The number of fused-ring (bicyclic) bond motifs is 1. The zero-order valence-electron chi connectivity index (χ0n) is 8.21. The van der Waals surface area contributed by atoms with Crippen LogP contribution in [0.4, 0.5) is 0 Å². The second-order valence-electron chi connectivity index (χ2n) is 4.09. The summed E-state index contributed by atoms with van der Waals surface area (Å²) in [7, 11) is 0. The van der Waals surface area contributed by atoms with Gasteiger partial charge in [0.15, 0.2) is 10.5 Å². The van der Waals surface area contributed by atoms with Crippen molar-refractivity contribution in [2.75, 3.05) is 0 Å². The van der Waals surface area contributed by atoms with Crippen LogP contribution >= 0.6 is 27.3 Å². The summed E-state index contributed by atoms with van der Waals surface area (Å²) in [6.45, 7) is 6.42. The van der Waals surface area contributed by atoms with Gasteiger partial charge in [-0.3, -0.25) is 0 Å². The zero-order valence-corrected chi connectivity index (χ0v) is 10.6. The van der Waals surface area contributed by atoms with Crippen molar-refractivity contribution >= 4 is 37.7 Å². The normalized spacial score (nSPS) is 12.3. The van der Waals surface area contributed by atoms with E-state index in [0.29, 0.717) is 0 Å². The molecule has 0 N–H and O–H groups in total. The smallest absolute Gasteiger partial charge is 0.189 e. The third-order valence-electron chi connectivity index (χ3n) is 1.74. The first-order valence-electron chi connectivity index (χ1n) is 4.26. The number of aromatic nitrogens is 3. The van der Waals surface area contributed by atoms with Crippen molar-refractivity contribution in [1.29, 1.82) is 0 Å². The van der Waals surface area contributed by atoms with Crippen molar-refractivity contribution in [3.63, 3.8) is 0 Å². The van der Waals surface area contributed by atoms with Gasteiger partial charge in [0.05, 0.1) is 6.20 Å². The lowest BCUT2D eigenvalue weighted by atomic mass is 9.98. The predicted molar refractivity (Wildman–Crippen MR) is 61.6 cm³/mol. The Balaban J connectivity index is 2.63. The standard InChI is InChI=1S/C9H10BrN3S/c1-9(2,3)8-13-6-7(14-8)12-5(10)4-11-6/h4H,1-3H3. The molecule has 0 bridgehead atoms. The Kier molecular flexibility index (Phi) is 2.31. The van der Waals surface area contributed by atoms with Gasteiger partial charge in [-0.15, -0.1) is 0 Å². The van der Waals surface area contributed by atoms with Gasteiger partial charge in [0.1, 0.15) is 9.61 Å². The van der Waals surface area contributed by atoms with E-state index in [1.165, 1.54) is 0 Å². The minimum Gasteiger partial charge on any atom is -0.232 e. The Morgan fingerprint density at radius 3 is 2.64 bits per heavy atom. The highest BCUT2D eigenvalue weighted by atomic mass is 79.9. The number of hydrogen-bond donors (Lipinski definition) is 0. The Morgan fingerprint density at radius 1 is 1.29 bits per heavy atom. The lowest BCUT2D eigenvalue weighted by molar-refractivity contribution is 0.586. The molecule has 2 heterocycles. The van der Waals surface area contributed by atoms with Crippen molar-refractivity contribution in [1.82, 2.24) is 15.0 Å². The van der Waals surface area contributed by atoms with Gasteiger partial charge in [-0.05, 0) is 15.9 Å². The van der Waals surface area contributed by atoms with Crippen molar-refractivity contribution in [3.8, 4) is 0 Å². The first-order chi connectivity index (χ1) is 6.47. The summed E-state index contributed by atoms with van der Waals surface area (Å²) >= 11 is 4.90. The van der Waals surface area contributed by atoms with Gasteiger partial charge < -0.3 is 0 Å². The summed E-state index contributed by atoms with van der Waals surface area (Å²) in [5.41, 5.74) is 0.808. The first kappa shape index (κ1) is 9.98. The Labute approximate surface area is 94.7 Å². The fourth-order valence-corrected chi connectivity index (χ4v) is 2.37. The van der Waals surface area contributed by atoms with Gasteiger partial charge in [-0.2, -0.15) is 0 Å². The number of halogens is 1. The Hall–Kier alpha value is -0.550. The highest BCUT2D eigenvalue weighted by Gasteiger charge is 2.19. The molecule has 5 heteroatoms. The van der Waals surface area contributed by atoms with Gasteiger partial charge >= 0.3 is 0 Å². The molecule has 0 saturated heterocycles. The van der Waals surface area contributed by atoms with Crippen molar-refractivity contribution < 1.29 is 0 Å². The van der Waals surface area contributed by atoms with E-state index in [4.69, 9.17) is 0 Å². The SMILES string of the molecule is CC(C)(C)c1nc2ncc(Br)nc2s1. The van der Waals surface area contributed by atoms with Crippen LogP contribution in [0.3, 0.4) is 0 Å². The number of thiazole rings is 1. The third-order valence-corrected chi connectivity index (χ3v) is 3.48. The van der Waals surface area contributed by atoms with Crippen LogP contribution in [-0.2, 0) is 5.41 Å². The second kappa shape index (κ2) is 3.24. The maximum absolute atomic E-state index is 4.45. The van der Waals surface area contributed by atoms with Crippen molar-refractivity contribution in [3.05, 3.63) is 15.8 Å².